The highest BCUT2D eigenvalue weighted by atomic mass is 16.2. The van der Waals surface area contributed by atoms with Crippen LogP contribution in [0.3, 0.4) is 0 Å². The lowest BCUT2D eigenvalue weighted by atomic mass is 10.1. The molecule has 2 aromatic heterocycles. The quantitative estimate of drug-likeness (QED) is 0.126. The summed E-state index contributed by atoms with van der Waals surface area (Å²) in [4.78, 5) is 62.1. The number of hydrogen-bond donors (Lipinski definition) is 5. The molecular formula is C34H30N8O4. The first kappa shape index (κ1) is 31.0. The zero-order chi connectivity index (χ0) is 32.5. The first-order chi connectivity index (χ1) is 22.3. The van der Waals surface area contributed by atoms with Crippen molar-refractivity contribution in [2.24, 2.45) is 0 Å². The van der Waals surface area contributed by atoms with Gasteiger partial charge in [-0.05, 0) is 72.5 Å². The Morgan fingerprint density at radius 2 is 1.52 bits per heavy atom. The minimum absolute atomic E-state index is 0.107. The van der Waals surface area contributed by atoms with Crippen molar-refractivity contribution in [2.75, 3.05) is 27.8 Å². The number of amides is 4. The molecule has 46 heavy (non-hydrogen) atoms. The highest BCUT2D eigenvalue weighted by molar-refractivity contribution is 6.09. The Labute approximate surface area is 264 Å². The number of pyridine rings is 1. The van der Waals surface area contributed by atoms with Crippen molar-refractivity contribution in [1.29, 1.82) is 0 Å². The summed E-state index contributed by atoms with van der Waals surface area (Å²) >= 11 is 0. The summed E-state index contributed by atoms with van der Waals surface area (Å²) in [5.41, 5.74) is 3.62. The molecule has 0 aliphatic heterocycles. The van der Waals surface area contributed by atoms with Crippen LogP contribution >= 0.6 is 0 Å². The van der Waals surface area contributed by atoms with Crippen LogP contribution in [0.25, 0.3) is 10.8 Å². The van der Waals surface area contributed by atoms with Gasteiger partial charge in [0.25, 0.3) is 11.8 Å². The van der Waals surface area contributed by atoms with E-state index >= 15 is 0 Å². The van der Waals surface area contributed by atoms with E-state index in [2.05, 4.69) is 48.1 Å². The summed E-state index contributed by atoms with van der Waals surface area (Å²) in [5.74, 6) is -1.01. The standard InChI is InChI=1S/C34H30N8O4/c1-3-30(43)36-14-12-31(44)39-25-5-4-6-26(16-25)42-34-37-19-28(20-38-34)41-33(46)29-17-27(10-7-21(29)2)40-32(45)23-8-9-24-18-35-13-11-22(24)15-23/h3-11,13,15-20H,1,12,14H2,2H3,(H,36,43)(H,39,44)(H,40,45)(H,41,46)(H,37,38,42). The van der Waals surface area contributed by atoms with Crippen LogP contribution in [-0.2, 0) is 9.59 Å². The van der Waals surface area contributed by atoms with Gasteiger partial charge in [0.1, 0.15) is 0 Å². The van der Waals surface area contributed by atoms with Gasteiger partial charge in [0.05, 0.1) is 18.1 Å². The molecule has 5 aromatic rings. The highest BCUT2D eigenvalue weighted by Gasteiger charge is 2.14. The van der Waals surface area contributed by atoms with Gasteiger partial charge in [-0.2, -0.15) is 0 Å². The largest absolute Gasteiger partial charge is 0.352 e. The second-order valence-corrected chi connectivity index (χ2v) is 10.2. The molecular weight excluding hydrogens is 584 g/mol. The lowest BCUT2D eigenvalue weighted by molar-refractivity contribution is -0.117. The maximum absolute atomic E-state index is 13.1. The van der Waals surface area contributed by atoms with Crippen LogP contribution in [0.5, 0.6) is 0 Å². The zero-order valence-corrected chi connectivity index (χ0v) is 24.8. The number of aromatic nitrogens is 3. The van der Waals surface area contributed by atoms with Crippen LogP contribution in [0.4, 0.5) is 28.7 Å². The summed E-state index contributed by atoms with van der Waals surface area (Å²) in [6.07, 6.45) is 7.59. The van der Waals surface area contributed by atoms with Crippen LogP contribution in [0.1, 0.15) is 32.7 Å². The number of rotatable bonds is 11. The number of carbonyl (C=O) groups is 4. The first-order valence-electron chi connectivity index (χ1n) is 14.2. The molecule has 0 saturated heterocycles. The minimum Gasteiger partial charge on any atom is -0.352 e. The minimum atomic E-state index is -0.386. The fourth-order valence-electron chi connectivity index (χ4n) is 4.43. The highest BCUT2D eigenvalue weighted by Crippen LogP contribution is 2.21. The number of fused-ring (bicyclic) bond motifs is 1. The van der Waals surface area contributed by atoms with Gasteiger partial charge < -0.3 is 26.6 Å². The number of benzene rings is 3. The predicted molar refractivity (Wildman–Crippen MR) is 177 cm³/mol. The molecule has 2 heterocycles. The van der Waals surface area contributed by atoms with E-state index in [1.807, 2.05) is 12.1 Å². The predicted octanol–water partition coefficient (Wildman–Crippen LogP) is 5.21. The SMILES string of the molecule is C=CC(=O)NCCC(=O)Nc1cccc(Nc2ncc(NC(=O)c3cc(NC(=O)c4ccc5cnccc5c4)ccc3C)cn2)c1. The second-order valence-electron chi connectivity index (χ2n) is 10.2. The molecule has 5 N–H and O–H groups in total. The van der Waals surface area contributed by atoms with Crippen molar-refractivity contribution in [3.63, 3.8) is 0 Å². The Bertz CT molecular complexity index is 1940. The third-order valence-corrected chi connectivity index (χ3v) is 6.79. The molecule has 0 radical (unpaired) electrons. The van der Waals surface area contributed by atoms with E-state index in [1.165, 1.54) is 12.4 Å². The number of aryl methyl sites for hydroxylation is 1. The van der Waals surface area contributed by atoms with E-state index in [9.17, 15) is 19.2 Å². The van der Waals surface area contributed by atoms with Crippen molar-refractivity contribution < 1.29 is 19.2 Å². The molecule has 3 aromatic carbocycles. The average molecular weight is 615 g/mol. The molecule has 12 nitrogen and oxygen atoms in total. The summed E-state index contributed by atoms with van der Waals surface area (Å²) in [6.45, 7) is 5.36. The number of nitrogens with one attached hydrogen (secondary N) is 5. The van der Waals surface area contributed by atoms with Crippen molar-refractivity contribution in [1.82, 2.24) is 20.3 Å². The van der Waals surface area contributed by atoms with E-state index in [-0.39, 0.29) is 42.5 Å². The smallest absolute Gasteiger partial charge is 0.256 e. The number of carbonyl (C=O) groups excluding carboxylic acids is 4. The summed E-state index contributed by atoms with van der Waals surface area (Å²) in [7, 11) is 0. The molecule has 5 rings (SSSR count). The molecule has 0 saturated carbocycles. The van der Waals surface area contributed by atoms with Gasteiger partial charge in [-0.3, -0.25) is 24.2 Å². The van der Waals surface area contributed by atoms with Crippen LogP contribution in [0.2, 0.25) is 0 Å². The van der Waals surface area contributed by atoms with Crippen molar-refractivity contribution in [2.45, 2.75) is 13.3 Å². The monoisotopic (exact) mass is 614 g/mol. The average Bonchev–Trinajstić information content (AvgIpc) is 3.06. The van der Waals surface area contributed by atoms with Crippen molar-refractivity contribution in [3.8, 4) is 0 Å². The van der Waals surface area contributed by atoms with Crippen molar-refractivity contribution in [3.05, 3.63) is 121 Å². The van der Waals surface area contributed by atoms with Crippen LogP contribution < -0.4 is 26.6 Å². The topological polar surface area (TPSA) is 167 Å². The van der Waals surface area contributed by atoms with Crippen molar-refractivity contribution >= 4 is 63.1 Å². The molecule has 230 valence electrons. The van der Waals surface area contributed by atoms with E-state index in [0.29, 0.717) is 33.9 Å². The Hall–Kier alpha value is -6.43. The Morgan fingerprint density at radius 1 is 0.761 bits per heavy atom. The summed E-state index contributed by atoms with van der Waals surface area (Å²) in [5, 5.41) is 15.9. The third-order valence-electron chi connectivity index (χ3n) is 6.79. The fourth-order valence-corrected chi connectivity index (χ4v) is 4.43. The van der Waals surface area contributed by atoms with Gasteiger partial charge in [-0.25, -0.2) is 9.97 Å². The molecule has 0 unspecified atom stereocenters. The molecule has 0 atom stereocenters. The molecule has 12 heteroatoms. The molecule has 0 aliphatic carbocycles. The fraction of sp³-hybridized carbons (Fsp3) is 0.0882. The maximum atomic E-state index is 13.1. The number of hydrogen-bond acceptors (Lipinski definition) is 8. The molecule has 0 spiro atoms. The molecule has 4 amide bonds. The Balaban J connectivity index is 1.17. The molecule has 0 bridgehead atoms. The lowest BCUT2D eigenvalue weighted by Gasteiger charge is -2.12. The Kier molecular flexibility index (Phi) is 9.68. The van der Waals surface area contributed by atoms with Crippen LogP contribution in [-0.4, -0.2) is 45.1 Å². The van der Waals surface area contributed by atoms with Crippen LogP contribution in [0.15, 0.2) is 104 Å². The van der Waals surface area contributed by atoms with Gasteiger partial charge in [-0.15, -0.1) is 0 Å². The van der Waals surface area contributed by atoms with E-state index in [1.54, 1.807) is 73.9 Å². The normalized spacial score (nSPS) is 10.5. The van der Waals surface area contributed by atoms with Gasteiger partial charge in [0, 0.05) is 58.9 Å². The van der Waals surface area contributed by atoms with Crippen LogP contribution in [0, 0.1) is 6.92 Å². The second kappa shape index (κ2) is 14.4. The molecule has 0 aliphatic rings. The van der Waals surface area contributed by atoms with Gasteiger partial charge in [0.2, 0.25) is 17.8 Å². The van der Waals surface area contributed by atoms with E-state index in [0.717, 1.165) is 22.4 Å². The van der Waals surface area contributed by atoms with Gasteiger partial charge in [-0.1, -0.05) is 24.8 Å². The number of nitrogens with zero attached hydrogens (tertiary/aromatic N) is 3. The van der Waals surface area contributed by atoms with E-state index < -0.39 is 0 Å². The first-order valence-corrected chi connectivity index (χ1v) is 14.2. The lowest BCUT2D eigenvalue weighted by Crippen LogP contribution is -2.25. The maximum Gasteiger partial charge on any atom is 0.256 e. The van der Waals surface area contributed by atoms with Gasteiger partial charge >= 0.3 is 0 Å². The summed E-state index contributed by atoms with van der Waals surface area (Å²) in [6, 6.07) is 19.3. The zero-order valence-electron chi connectivity index (χ0n) is 24.8. The third kappa shape index (κ3) is 8.14. The Morgan fingerprint density at radius 3 is 2.33 bits per heavy atom. The molecule has 0 fully saturated rings. The number of anilines is 5. The van der Waals surface area contributed by atoms with Gasteiger partial charge in [0.15, 0.2) is 0 Å². The summed E-state index contributed by atoms with van der Waals surface area (Å²) < 4.78 is 0. The van der Waals surface area contributed by atoms with E-state index in [4.69, 9.17) is 0 Å².